The van der Waals surface area contributed by atoms with Crippen LogP contribution in [0.15, 0.2) is 42.5 Å². The highest BCUT2D eigenvalue weighted by Gasteiger charge is 2.14. The molecule has 0 fully saturated rings. The van der Waals surface area contributed by atoms with Gasteiger partial charge in [0.05, 0.1) is 19.9 Å². The highest BCUT2D eigenvalue weighted by molar-refractivity contribution is 5.93. The van der Waals surface area contributed by atoms with E-state index in [-0.39, 0.29) is 5.91 Å². The molecule has 0 atom stereocenters. The summed E-state index contributed by atoms with van der Waals surface area (Å²) in [5, 5.41) is 3.26. The number of rotatable bonds is 8. The maximum atomic E-state index is 12.6. The first-order chi connectivity index (χ1) is 12.1. The second-order valence-corrected chi connectivity index (χ2v) is 5.72. The SMILES string of the molecule is CCN(C(=O)CCNc1cc(OC)ccc1OC)c1cccc(C)c1. The molecule has 0 aliphatic heterocycles. The monoisotopic (exact) mass is 342 g/mol. The van der Waals surface area contributed by atoms with E-state index in [1.54, 1.807) is 19.1 Å². The predicted molar refractivity (Wildman–Crippen MR) is 102 cm³/mol. The average Bonchev–Trinajstić information content (AvgIpc) is 2.62. The summed E-state index contributed by atoms with van der Waals surface area (Å²) in [6, 6.07) is 13.5. The Balaban J connectivity index is 1.99. The zero-order chi connectivity index (χ0) is 18.2. The van der Waals surface area contributed by atoms with E-state index in [1.807, 2.05) is 56.3 Å². The number of benzene rings is 2. The number of hydrogen-bond donors (Lipinski definition) is 1. The van der Waals surface area contributed by atoms with Gasteiger partial charge in [-0.05, 0) is 43.7 Å². The van der Waals surface area contributed by atoms with Crippen LogP contribution in [0.2, 0.25) is 0 Å². The Kier molecular flexibility index (Phi) is 6.69. The molecule has 0 bridgehead atoms. The first kappa shape index (κ1) is 18.6. The van der Waals surface area contributed by atoms with Crippen LogP contribution in [-0.4, -0.2) is 33.2 Å². The van der Waals surface area contributed by atoms with Crippen molar-refractivity contribution in [3.63, 3.8) is 0 Å². The highest BCUT2D eigenvalue weighted by Crippen LogP contribution is 2.28. The van der Waals surface area contributed by atoms with Crippen LogP contribution in [0.3, 0.4) is 0 Å². The zero-order valence-electron chi connectivity index (χ0n) is 15.3. The average molecular weight is 342 g/mol. The van der Waals surface area contributed by atoms with Gasteiger partial charge < -0.3 is 19.7 Å². The molecule has 0 saturated heterocycles. The minimum absolute atomic E-state index is 0.0856. The van der Waals surface area contributed by atoms with Gasteiger partial charge in [0.15, 0.2) is 0 Å². The summed E-state index contributed by atoms with van der Waals surface area (Å²) in [7, 11) is 3.24. The van der Waals surface area contributed by atoms with Crippen LogP contribution in [0.1, 0.15) is 18.9 Å². The van der Waals surface area contributed by atoms with Crippen molar-refractivity contribution < 1.29 is 14.3 Å². The largest absolute Gasteiger partial charge is 0.497 e. The van der Waals surface area contributed by atoms with Gasteiger partial charge in [-0.2, -0.15) is 0 Å². The van der Waals surface area contributed by atoms with Crippen molar-refractivity contribution in [3.8, 4) is 11.5 Å². The predicted octanol–water partition coefficient (Wildman–Crippen LogP) is 3.87. The third-order valence-corrected chi connectivity index (χ3v) is 3.99. The quantitative estimate of drug-likeness (QED) is 0.791. The highest BCUT2D eigenvalue weighted by atomic mass is 16.5. The molecule has 5 nitrogen and oxygen atoms in total. The van der Waals surface area contributed by atoms with E-state index in [0.29, 0.717) is 19.5 Å². The van der Waals surface area contributed by atoms with Crippen LogP contribution >= 0.6 is 0 Å². The summed E-state index contributed by atoms with van der Waals surface area (Å²) in [6.45, 7) is 5.17. The third kappa shape index (κ3) is 4.89. The van der Waals surface area contributed by atoms with Gasteiger partial charge >= 0.3 is 0 Å². The minimum Gasteiger partial charge on any atom is -0.497 e. The summed E-state index contributed by atoms with van der Waals surface area (Å²) in [5.74, 6) is 1.55. The van der Waals surface area contributed by atoms with Crippen LogP contribution in [0.4, 0.5) is 11.4 Å². The fraction of sp³-hybridized carbons (Fsp3) is 0.350. The first-order valence-electron chi connectivity index (χ1n) is 8.42. The molecule has 0 unspecified atom stereocenters. The summed E-state index contributed by atoms with van der Waals surface area (Å²) in [5.41, 5.74) is 2.89. The Morgan fingerprint density at radius 3 is 2.56 bits per heavy atom. The fourth-order valence-corrected chi connectivity index (χ4v) is 2.69. The van der Waals surface area contributed by atoms with E-state index in [1.165, 1.54) is 0 Å². The Bertz CT molecular complexity index is 716. The third-order valence-electron chi connectivity index (χ3n) is 3.99. The van der Waals surface area contributed by atoms with E-state index in [2.05, 4.69) is 5.32 Å². The standard InChI is InChI=1S/C20H26N2O3/c1-5-22(16-8-6-7-15(2)13-16)20(23)11-12-21-18-14-17(24-3)9-10-19(18)25-4/h6-10,13-14,21H,5,11-12H2,1-4H3. The summed E-state index contributed by atoms with van der Waals surface area (Å²) >= 11 is 0. The first-order valence-corrected chi connectivity index (χ1v) is 8.42. The fourth-order valence-electron chi connectivity index (χ4n) is 2.69. The van der Waals surface area contributed by atoms with Crippen LogP contribution in [0.5, 0.6) is 11.5 Å². The number of nitrogens with one attached hydrogen (secondary N) is 1. The smallest absolute Gasteiger partial charge is 0.228 e. The van der Waals surface area contributed by atoms with Gasteiger partial charge in [0.2, 0.25) is 5.91 Å². The second-order valence-electron chi connectivity index (χ2n) is 5.72. The van der Waals surface area contributed by atoms with Crippen molar-refractivity contribution in [2.75, 3.05) is 37.5 Å². The lowest BCUT2D eigenvalue weighted by Crippen LogP contribution is -2.31. The Morgan fingerprint density at radius 2 is 1.92 bits per heavy atom. The molecule has 0 spiro atoms. The summed E-state index contributed by atoms with van der Waals surface area (Å²) in [4.78, 5) is 14.4. The topological polar surface area (TPSA) is 50.8 Å². The zero-order valence-corrected chi connectivity index (χ0v) is 15.3. The lowest BCUT2D eigenvalue weighted by molar-refractivity contribution is -0.118. The molecule has 2 aromatic rings. The number of methoxy groups -OCH3 is 2. The van der Waals surface area contributed by atoms with Crippen molar-refractivity contribution in [1.29, 1.82) is 0 Å². The molecule has 0 aliphatic carbocycles. The lowest BCUT2D eigenvalue weighted by Gasteiger charge is -2.22. The van der Waals surface area contributed by atoms with Gasteiger partial charge in [0.1, 0.15) is 11.5 Å². The molecule has 5 heteroatoms. The van der Waals surface area contributed by atoms with Crippen molar-refractivity contribution in [3.05, 3.63) is 48.0 Å². The number of hydrogen-bond acceptors (Lipinski definition) is 4. The molecule has 0 saturated carbocycles. The minimum atomic E-state index is 0.0856. The maximum absolute atomic E-state index is 12.6. The molecule has 1 amide bonds. The number of amides is 1. The van der Waals surface area contributed by atoms with Gasteiger partial charge in [-0.25, -0.2) is 0 Å². The van der Waals surface area contributed by atoms with E-state index in [4.69, 9.17) is 9.47 Å². The van der Waals surface area contributed by atoms with Crippen LogP contribution < -0.4 is 19.7 Å². The number of carbonyl (C=O) groups is 1. The van der Waals surface area contributed by atoms with Crippen molar-refractivity contribution in [1.82, 2.24) is 0 Å². The lowest BCUT2D eigenvalue weighted by atomic mass is 10.2. The molecule has 25 heavy (non-hydrogen) atoms. The van der Waals surface area contributed by atoms with Crippen LogP contribution in [0, 0.1) is 6.92 Å². The van der Waals surface area contributed by atoms with Crippen molar-refractivity contribution in [2.24, 2.45) is 0 Å². The summed E-state index contributed by atoms with van der Waals surface area (Å²) < 4.78 is 10.6. The van der Waals surface area contributed by atoms with E-state index < -0.39 is 0 Å². The Labute approximate surface area is 149 Å². The normalized spacial score (nSPS) is 10.2. The second kappa shape index (κ2) is 8.97. The molecule has 0 heterocycles. The van der Waals surface area contributed by atoms with Crippen LogP contribution in [-0.2, 0) is 4.79 Å². The number of nitrogens with zero attached hydrogens (tertiary/aromatic N) is 1. The molecule has 0 aromatic heterocycles. The number of ether oxygens (including phenoxy) is 2. The maximum Gasteiger partial charge on any atom is 0.228 e. The van der Waals surface area contributed by atoms with Gasteiger partial charge in [-0.1, -0.05) is 12.1 Å². The molecular formula is C20H26N2O3. The number of aryl methyl sites for hydroxylation is 1. The van der Waals surface area contributed by atoms with Crippen molar-refractivity contribution >= 4 is 17.3 Å². The van der Waals surface area contributed by atoms with Crippen LogP contribution in [0.25, 0.3) is 0 Å². The van der Waals surface area contributed by atoms with Gasteiger partial charge in [0, 0.05) is 31.3 Å². The van der Waals surface area contributed by atoms with E-state index in [9.17, 15) is 4.79 Å². The molecule has 2 aromatic carbocycles. The molecular weight excluding hydrogens is 316 g/mol. The summed E-state index contributed by atoms with van der Waals surface area (Å²) in [6.07, 6.45) is 0.391. The van der Waals surface area contributed by atoms with Gasteiger partial charge in [0.25, 0.3) is 0 Å². The van der Waals surface area contributed by atoms with Crippen molar-refractivity contribution in [2.45, 2.75) is 20.3 Å². The molecule has 134 valence electrons. The van der Waals surface area contributed by atoms with Gasteiger partial charge in [-0.3, -0.25) is 4.79 Å². The van der Waals surface area contributed by atoms with E-state index >= 15 is 0 Å². The molecule has 2 rings (SSSR count). The number of carbonyl (C=O) groups excluding carboxylic acids is 1. The van der Waals surface area contributed by atoms with E-state index in [0.717, 1.165) is 28.4 Å². The Morgan fingerprint density at radius 1 is 1.12 bits per heavy atom. The van der Waals surface area contributed by atoms with Gasteiger partial charge in [-0.15, -0.1) is 0 Å². The molecule has 1 N–H and O–H groups in total. The Hall–Kier alpha value is -2.69. The molecule has 0 radical (unpaired) electrons. The molecule has 0 aliphatic rings. The number of anilines is 2.